The number of hydrogen-bond donors (Lipinski definition) is 2. The van der Waals surface area contributed by atoms with Gasteiger partial charge in [0.2, 0.25) is 5.91 Å². The summed E-state index contributed by atoms with van der Waals surface area (Å²) in [5.41, 5.74) is 3.47. The van der Waals surface area contributed by atoms with Crippen molar-refractivity contribution < 1.29 is 19.1 Å². The van der Waals surface area contributed by atoms with Crippen LogP contribution < -0.4 is 20.3 Å². The summed E-state index contributed by atoms with van der Waals surface area (Å²) in [5.74, 6) is 0.457. The number of carbonyl (C=O) groups is 3. The quantitative estimate of drug-likeness (QED) is 0.431. The molecule has 0 atom stereocenters. The summed E-state index contributed by atoms with van der Waals surface area (Å²) in [6.45, 7) is 7.22. The summed E-state index contributed by atoms with van der Waals surface area (Å²) >= 11 is 1.12. The highest BCUT2D eigenvalue weighted by molar-refractivity contribution is 7.07. The summed E-state index contributed by atoms with van der Waals surface area (Å²) in [5, 5.41) is 10.4. The maximum Gasteiger partial charge on any atom is 0.267 e. The monoisotopic (exact) mass is 591 g/mol. The van der Waals surface area contributed by atoms with E-state index in [1.165, 1.54) is 0 Å². The number of benzene rings is 2. The van der Waals surface area contributed by atoms with Crippen molar-refractivity contribution >= 4 is 40.6 Å². The Bertz CT molecular complexity index is 1400. The summed E-state index contributed by atoms with van der Waals surface area (Å²) in [6, 6.07) is 13.0. The van der Waals surface area contributed by atoms with Crippen LogP contribution in [0.5, 0.6) is 5.75 Å². The van der Waals surface area contributed by atoms with Crippen LogP contribution in [0.25, 0.3) is 0 Å². The van der Waals surface area contributed by atoms with E-state index in [2.05, 4.69) is 25.1 Å². The van der Waals surface area contributed by atoms with Gasteiger partial charge < -0.3 is 30.1 Å². The van der Waals surface area contributed by atoms with Crippen molar-refractivity contribution in [2.45, 2.75) is 26.2 Å². The molecule has 0 unspecified atom stereocenters. The molecule has 0 spiro atoms. The summed E-state index contributed by atoms with van der Waals surface area (Å²) in [7, 11) is 1.61. The van der Waals surface area contributed by atoms with Crippen molar-refractivity contribution in [3.05, 3.63) is 64.2 Å². The summed E-state index contributed by atoms with van der Waals surface area (Å²) in [4.78, 5) is 46.3. The van der Waals surface area contributed by atoms with E-state index in [9.17, 15) is 14.4 Å². The topological polar surface area (TPSA) is 120 Å². The molecule has 3 amide bonds. The zero-order chi connectivity index (χ0) is 29.5. The van der Waals surface area contributed by atoms with Crippen molar-refractivity contribution in [1.82, 2.24) is 24.7 Å². The highest BCUT2D eigenvalue weighted by Gasteiger charge is 2.26. The highest BCUT2D eigenvalue weighted by atomic mass is 32.1. The molecule has 5 rings (SSSR count). The van der Waals surface area contributed by atoms with Gasteiger partial charge in [0.05, 0.1) is 30.6 Å². The van der Waals surface area contributed by atoms with E-state index in [0.29, 0.717) is 61.1 Å². The molecule has 2 N–H and O–H groups in total. The van der Waals surface area contributed by atoms with Crippen LogP contribution in [0.15, 0.2) is 42.5 Å². The third kappa shape index (κ3) is 7.05. The van der Waals surface area contributed by atoms with E-state index in [4.69, 9.17) is 4.74 Å². The number of aromatic nitrogens is 2. The third-order valence-electron chi connectivity index (χ3n) is 7.64. The first-order chi connectivity index (χ1) is 20.4. The smallest absolute Gasteiger partial charge is 0.267 e. The molecule has 42 heavy (non-hydrogen) atoms. The predicted octanol–water partition coefficient (Wildman–Crippen LogP) is 2.82. The second-order valence-corrected chi connectivity index (χ2v) is 11.3. The molecule has 2 fully saturated rings. The lowest BCUT2D eigenvalue weighted by atomic mass is 10.1. The molecule has 0 bridgehead atoms. The van der Waals surface area contributed by atoms with Gasteiger partial charge in [0.25, 0.3) is 11.8 Å². The van der Waals surface area contributed by atoms with Gasteiger partial charge in [0.1, 0.15) is 10.6 Å². The Morgan fingerprint density at radius 2 is 1.71 bits per heavy atom. The van der Waals surface area contributed by atoms with Gasteiger partial charge in [-0.3, -0.25) is 14.4 Å². The lowest BCUT2D eigenvalue weighted by molar-refractivity contribution is -0.115. The fourth-order valence-electron chi connectivity index (χ4n) is 5.33. The van der Waals surface area contributed by atoms with Crippen LogP contribution in [0.2, 0.25) is 0 Å². The fourth-order valence-corrected chi connectivity index (χ4v) is 5.96. The summed E-state index contributed by atoms with van der Waals surface area (Å²) in [6.07, 6.45) is 1.84. The first-order valence-electron chi connectivity index (χ1n) is 14.3. The van der Waals surface area contributed by atoms with E-state index in [1.54, 1.807) is 20.1 Å². The zero-order valence-electron chi connectivity index (χ0n) is 24.1. The molecule has 222 valence electrons. The number of aryl methyl sites for hydroxylation is 1. The van der Waals surface area contributed by atoms with E-state index in [1.807, 2.05) is 46.2 Å². The number of nitrogens with one attached hydrogen (secondary N) is 2. The van der Waals surface area contributed by atoms with E-state index < -0.39 is 0 Å². The molecule has 3 aromatic rings. The molecule has 0 saturated carbocycles. The van der Waals surface area contributed by atoms with Gasteiger partial charge in [0.15, 0.2) is 0 Å². The van der Waals surface area contributed by atoms with Crippen LogP contribution in [0, 0.1) is 6.92 Å². The van der Waals surface area contributed by atoms with Gasteiger partial charge in [-0.15, -0.1) is 5.10 Å². The maximum absolute atomic E-state index is 13.4. The average Bonchev–Trinajstić information content (AvgIpc) is 3.18. The first-order valence-corrected chi connectivity index (χ1v) is 15.1. The SMILES string of the molecule is COc1ccc(CC(=O)Nc2cc(C(=O)N3CCCNCC3)ccc2N2CCCN(C(=O)c3snnc3C)CC2)cc1. The van der Waals surface area contributed by atoms with Crippen LogP contribution in [0.3, 0.4) is 0 Å². The first kappa shape index (κ1) is 29.5. The average molecular weight is 592 g/mol. The zero-order valence-corrected chi connectivity index (χ0v) is 24.9. The highest BCUT2D eigenvalue weighted by Crippen LogP contribution is 2.30. The Morgan fingerprint density at radius 1 is 0.929 bits per heavy atom. The van der Waals surface area contributed by atoms with Crippen LogP contribution in [0.1, 0.15) is 44.1 Å². The van der Waals surface area contributed by atoms with Gasteiger partial charge in [-0.05, 0) is 73.7 Å². The lowest BCUT2D eigenvalue weighted by Gasteiger charge is -2.27. The molecule has 2 aliphatic rings. The minimum Gasteiger partial charge on any atom is -0.497 e. The van der Waals surface area contributed by atoms with E-state index in [0.717, 1.165) is 54.5 Å². The second-order valence-electron chi connectivity index (χ2n) is 10.5. The number of methoxy groups -OCH3 is 1. The Kier molecular flexibility index (Phi) is 9.65. The van der Waals surface area contributed by atoms with Crippen molar-refractivity contribution in [2.24, 2.45) is 0 Å². The largest absolute Gasteiger partial charge is 0.497 e. The van der Waals surface area contributed by atoms with Crippen molar-refractivity contribution in [1.29, 1.82) is 0 Å². The summed E-state index contributed by atoms with van der Waals surface area (Å²) < 4.78 is 9.14. The number of anilines is 2. The molecule has 1 aromatic heterocycles. The molecule has 2 saturated heterocycles. The third-order valence-corrected chi connectivity index (χ3v) is 8.45. The number of rotatable bonds is 7. The standard InChI is InChI=1S/C30H37N7O4S/c1-21-28(42-34-33-21)30(40)37-15-4-14-35(17-18-37)26-10-7-23(29(39)36-13-3-11-31-12-16-36)20-25(26)32-27(38)19-22-5-8-24(41-2)9-6-22/h5-10,20,31H,3-4,11-19H2,1-2H3,(H,32,38). The molecule has 2 aromatic carbocycles. The molecule has 12 heteroatoms. The van der Waals surface area contributed by atoms with Crippen molar-refractivity contribution in [3.8, 4) is 5.75 Å². The molecule has 0 radical (unpaired) electrons. The minimum absolute atomic E-state index is 0.0444. The molecular formula is C30H37N7O4S. The minimum atomic E-state index is -0.176. The molecule has 2 aliphatic heterocycles. The van der Waals surface area contributed by atoms with Crippen LogP contribution >= 0.6 is 11.5 Å². The Labute approximate surface area is 250 Å². The van der Waals surface area contributed by atoms with Gasteiger partial charge in [-0.25, -0.2) is 0 Å². The van der Waals surface area contributed by atoms with Gasteiger partial charge in [-0.2, -0.15) is 0 Å². The van der Waals surface area contributed by atoms with Gasteiger partial charge in [-0.1, -0.05) is 16.6 Å². The van der Waals surface area contributed by atoms with E-state index in [-0.39, 0.29) is 24.1 Å². The molecule has 3 heterocycles. The fraction of sp³-hybridized carbons (Fsp3) is 0.433. The van der Waals surface area contributed by atoms with E-state index >= 15 is 0 Å². The van der Waals surface area contributed by atoms with Gasteiger partial charge >= 0.3 is 0 Å². The van der Waals surface area contributed by atoms with Crippen molar-refractivity contribution in [3.63, 3.8) is 0 Å². The Hall–Kier alpha value is -4.03. The Balaban J connectivity index is 1.36. The predicted molar refractivity (Wildman–Crippen MR) is 163 cm³/mol. The Morgan fingerprint density at radius 3 is 2.48 bits per heavy atom. The number of nitrogens with zero attached hydrogens (tertiary/aromatic N) is 5. The molecule has 11 nitrogen and oxygen atoms in total. The maximum atomic E-state index is 13.4. The van der Waals surface area contributed by atoms with Crippen LogP contribution in [-0.4, -0.2) is 96.6 Å². The number of carbonyl (C=O) groups excluding carboxylic acids is 3. The molecule has 0 aliphatic carbocycles. The number of amides is 3. The van der Waals surface area contributed by atoms with Crippen LogP contribution in [0.4, 0.5) is 11.4 Å². The normalized spacial score (nSPS) is 16.0. The second kappa shape index (κ2) is 13.8. The number of ether oxygens (including phenoxy) is 1. The number of hydrogen-bond acceptors (Lipinski definition) is 9. The molecular weight excluding hydrogens is 554 g/mol. The lowest BCUT2D eigenvalue weighted by Crippen LogP contribution is -2.35. The van der Waals surface area contributed by atoms with Gasteiger partial charge in [0, 0.05) is 51.4 Å². The van der Waals surface area contributed by atoms with Crippen LogP contribution in [-0.2, 0) is 11.2 Å². The van der Waals surface area contributed by atoms with Crippen molar-refractivity contribution in [2.75, 3.05) is 69.7 Å².